The third-order valence-electron chi connectivity index (χ3n) is 4.66. The first kappa shape index (κ1) is 20.1. The van der Waals surface area contributed by atoms with Gasteiger partial charge in [-0.1, -0.05) is 54.6 Å². The molecule has 4 nitrogen and oxygen atoms in total. The van der Waals surface area contributed by atoms with Crippen molar-refractivity contribution in [3.8, 4) is 0 Å². The molecule has 0 bridgehead atoms. The fourth-order valence-electron chi connectivity index (χ4n) is 3.22. The molecule has 28 heavy (non-hydrogen) atoms. The Bertz CT molecular complexity index is 933. The first-order valence-electron chi connectivity index (χ1n) is 9.60. The van der Waals surface area contributed by atoms with Gasteiger partial charge in [0.05, 0.1) is 12.7 Å². The number of nitrogens with one attached hydrogen (secondary N) is 1. The van der Waals surface area contributed by atoms with Gasteiger partial charge in [0.15, 0.2) is 0 Å². The third kappa shape index (κ3) is 4.97. The van der Waals surface area contributed by atoms with E-state index >= 15 is 0 Å². The molecule has 1 atom stereocenters. The number of rotatable bonds is 7. The Morgan fingerprint density at radius 3 is 2.29 bits per heavy atom. The molecule has 0 spiro atoms. The maximum absolute atomic E-state index is 13.0. The van der Waals surface area contributed by atoms with Gasteiger partial charge in [-0.2, -0.15) is 0 Å². The van der Waals surface area contributed by atoms with Crippen molar-refractivity contribution >= 4 is 22.4 Å². The number of fused-ring (bicyclic) bond motifs is 1. The zero-order chi connectivity index (χ0) is 20.1. The first-order chi connectivity index (χ1) is 13.4. The molecule has 146 valence electrons. The number of benzene rings is 3. The summed E-state index contributed by atoms with van der Waals surface area (Å²) >= 11 is 0. The van der Waals surface area contributed by atoms with Gasteiger partial charge >= 0.3 is 0 Å². The van der Waals surface area contributed by atoms with E-state index in [0.717, 1.165) is 27.6 Å². The van der Waals surface area contributed by atoms with Crippen LogP contribution in [-0.2, 0) is 16.1 Å². The fraction of sp³-hybridized carbons (Fsp3) is 0.292. The normalized spacial score (nSPS) is 12.5. The number of hydrogen-bond donors (Lipinski definition) is 1. The molecule has 0 saturated heterocycles. The second-order valence-corrected chi connectivity index (χ2v) is 7.52. The molecular formula is C24H28N2O2. The lowest BCUT2D eigenvalue weighted by Crippen LogP contribution is -2.32. The van der Waals surface area contributed by atoms with Crippen LogP contribution in [0, 0.1) is 0 Å². The summed E-state index contributed by atoms with van der Waals surface area (Å²) in [5.41, 5.74) is 2.86. The molecule has 0 aliphatic carbocycles. The maximum atomic E-state index is 13.0. The zero-order valence-electron chi connectivity index (χ0n) is 17.0. The Morgan fingerprint density at radius 2 is 1.64 bits per heavy atom. The Balaban J connectivity index is 1.76. The van der Waals surface area contributed by atoms with Crippen molar-refractivity contribution in [2.45, 2.75) is 32.6 Å². The largest absolute Gasteiger partial charge is 0.374 e. The predicted molar refractivity (Wildman–Crippen MR) is 115 cm³/mol. The van der Waals surface area contributed by atoms with Crippen LogP contribution in [0.2, 0.25) is 0 Å². The van der Waals surface area contributed by atoms with Gasteiger partial charge in [-0.05, 0) is 62.0 Å². The van der Waals surface area contributed by atoms with Crippen LogP contribution in [-0.4, -0.2) is 31.0 Å². The second kappa shape index (κ2) is 9.00. The number of carbonyl (C=O) groups excluding carboxylic acids is 1. The van der Waals surface area contributed by atoms with E-state index < -0.39 is 0 Å². The van der Waals surface area contributed by atoms with Crippen LogP contribution < -0.4 is 5.32 Å². The van der Waals surface area contributed by atoms with Crippen molar-refractivity contribution in [2.24, 2.45) is 0 Å². The molecule has 1 amide bonds. The first-order valence-corrected chi connectivity index (χ1v) is 9.60. The van der Waals surface area contributed by atoms with Crippen molar-refractivity contribution in [2.75, 3.05) is 19.4 Å². The standard InChI is InChI=1S/C24H28N2O2/c1-17(2)28-16-18-9-11-20(12-10-18)23(26(3)4)24(27)25-22-14-13-19-7-5-6-8-21(19)15-22/h5-15,17,23H,16H2,1-4H3,(H,25,27)/t23-/m1/s1. The number of ether oxygens (including phenoxy) is 1. The molecule has 0 aliphatic rings. The van der Waals surface area contributed by atoms with Gasteiger partial charge in [-0.15, -0.1) is 0 Å². The smallest absolute Gasteiger partial charge is 0.246 e. The predicted octanol–water partition coefficient (Wildman–Crippen LogP) is 5.01. The monoisotopic (exact) mass is 376 g/mol. The minimum atomic E-state index is -0.369. The van der Waals surface area contributed by atoms with Gasteiger partial charge in [0.2, 0.25) is 5.91 Å². The lowest BCUT2D eigenvalue weighted by atomic mass is 10.0. The van der Waals surface area contributed by atoms with E-state index in [2.05, 4.69) is 11.4 Å². The van der Waals surface area contributed by atoms with Crippen LogP contribution in [0.1, 0.15) is 31.0 Å². The van der Waals surface area contributed by atoms with Crippen LogP contribution in [0.3, 0.4) is 0 Å². The zero-order valence-corrected chi connectivity index (χ0v) is 17.0. The molecule has 1 N–H and O–H groups in total. The van der Waals surface area contributed by atoms with E-state index in [1.54, 1.807) is 0 Å². The molecule has 0 radical (unpaired) electrons. The average molecular weight is 377 g/mol. The van der Waals surface area contributed by atoms with Gasteiger partial charge in [0, 0.05) is 5.69 Å². The van der Waals surface area contributed by atoms with Crippen LogP contribution in [0.25, 0.3) is 10.8 Å². The summed E-state index contributed by atoms with van der Waals surface area (Å²) in [6.45, 7) is 4.62. The van der Waals surface area contributed by atoms with Crippen LogP contribution in [0.5, 0.6) is 0 Å². The molecule has 0 aliphatic heterocycles. The summed E-state index contributed by atoms with van der Waals surface area (Å²) in [6, 6.07) is 21.8. The highest BCUT2D eigenvalue weighted by Crippen LogP contribution is 2.24. The highest BCUT2D eigenvalue weighted by Gasteiger charge is 2.23. The van der Waals surface area contributed by atoms with Crippen LogP contribution in [0.15, 0.2) is 66.7 Å². The Kier molecular flexibility index (Phi) is 6.45. The topological polar surface area (TPSA) is 41.6 Å². The fourth-order valence-corrected chi connectivity index (χ4v) is 3.22. The van der Waals surface area contributed by atoms with E-state index in [-0.39, 0.29) is 18.1 Å². The molecule has 3 aromatic rings. The number of nitrogens with zero attached hydrogens (tertiary/aromatic N) is 1. The van der Waals surface area contributed by atoms with Crippen LogP contribution >= 0.6 is 0 Å². The van der Waals surface area contributed by atoms with Gasteiger partial charge in [0.1, 0.15) is 6.04 Å². The molecule has 4 heteroatoms. The van der Waals surface area contributed by atoms with E-state index in [4.69, 9.17) is 4.74 Å². The number of carbonyl (C=O) groups is 1. The van der Waals surface area contributed by atoms with Crippen molar-refractivity contribution in [1.82, 2.24) is 4.90 Å². The summed E-state index contributed by atoms with van der Waals surface area (Å²) in [5.74, 6) is -0.0496. The third-order valence-corrected chi connectivity index (χ3v) is 4.66. The van der Waals surface area contributed by atoms with Gasteiger partial charge in [-0.3, -0.25) is 9.69 Å². The number of hydrogen-bond acceptors (Lipinski definition) is 3. The number of likely N-dealkylation sites (N-methyl/N-ethyl adjacent to an activating group) is 1. The Labute approximate surface area is 167 Å². The highest BCUT2D eigenvalue weighted by atomic mass is 16.5. The molecular weight excluding hydrogens is 348 g/mol. The summed E-state index contributed by atoms with van der Waals surface area (Å²) in [5, 5.41) is 5.33. The summed E-state index contributed by atoms with van der Waals surface area (Å²) < 4.78 is 5.65. The van der Waals surface area contributed by atoms with Crippen molar-refractivity contribution < 1.29 is 9.53 Å². The Hall–Kier alpha value is -2.69. The number of amides is 1. The molecule has 3 rings (SSSR count). The summed E-state index contributed by atoms with van der Waals surface area (Å²) in [7, 11) is 3.83. The molecule has 0 fully saturated rings. The Morgan fingerprint density at radius 1 is 0.964 bits per heavy atom. The molecule has 0 unspecified atom stereocenters. The van der Waals surface area contributed by atoms with E-state index in [9.17, 15) is 4.79 Å². The van der Waals surface area contributed by atoms with Gasteiger partial charge in [0.25, 0.3) is 0 Å². The molecule has 0 aromatic heterocycles. The average Bonchev–Trinajstić information content (AvgIpc) is 2.67. The molecule has 3 aromatic carbocycles. The summed E-state index contributed by atoms with van der Waals surface area (Å²) in [4.78, 5) is 14.9. The van der Waals surface area contributed by atoms with E-state index in [1.807, 2.05) is 93.5 Å². The van der Waals surface area contributed by atoms with Gasteiger partial charge in [-0.25, -0.2) is 0 Å². The van der Waals surface area contributed by atoms with Crippen LogP contribution in [0.4, 0.5) is 5.69 Å². The minimum absolute atomic E-state index is 0.0496. The van der Waals surface area contributed by atoms with Crippen molar-refractivity contribution in [1.29, 1.82) is 0 Å². The second-order valence-electron chi connectivity index (χ2n) is 7.52. The van der Waals surface area contributed by atoms with Crippen molar-refractivity contribution in [3.05, 3.63) is 77.9 Å². The number of anilines is 1. The highest BCUT2D eigenvalue weighted by molar-refractivity contribution is 5.97. The maximum Gasteiger partial charge on any atom is 0.246 e. The van der Waals surface area contributed by atoms with E-state index in [0.29, 0.717) is 6.61 Å². The van der Waals surface area contributed by atoms with Gasteiger partial charge < -0.3 is 10.1 Å². The lowest BCUT2D eigenvalue weighted by Gasteiger charge is -2.24. The molecule has 0 heterocycles. The summed E-state index contributed by atoms with van der Waals surface area (Å²) in [6.07, 6.45) is 0.196. The minimum Gasteiger partial charge on any atom is -0.374 e. The quantitative estimate of drug-likeness (QED) is 0.630. The van der Waals surface area contributed by atoms with Crippen molar-refractivity contribution in [3.63, 3.8) is 0 Å². The SMILES string of the molecule is CC(C)OCc1ccc([C@H](C(=O)Nc2ccc3ccccc3c2)N(C)C)cc1. The molecule has 0 saturated carbocycles. The lowest BCUT2D eigenvalue weighted by molar-refractivity contribution is -0.120. The van der Waals surface area contributed by atoms with E-state index in [1.165, 1.54) is 0 Å².